The van der Waals surface area contributed by atoms with Crippen LogP contribution in [0.4, 0.5) is 0 Å². The van der Waals surface area contributed by atoms with Gasteiger partial charge in [-0.25, -0.2) is 0 Å². The van der Waals surface area contributed by atoms with Gasteiger partial charge in [-0.3, -0.25) is 0 Å². The first-order valence-corrected chi connectivity index (χ1v) is 18.1. The molecule has 0 atom stereocenters. The topological polar surface area (TPSA) is 0 Å². The van der Waals surface area contributed by atoms with E-state index in [4.69, 9.17) is 0 Å². The third kappa shape index (κ3) is 4.55. The summed E-state index contributed by atoms with van der Waals surface area (Å²) in [5.74, 6) is 0. The van der Waals surface area contributed by atoms with E-state index in [9.17, 15) is 0 Å². The lowest BCUT2D eigenvalue weighted by Gasteiger charge is -2.17. The number of benzene rings is 11. The average Bonchev–Trinajstić information content (AvgIpc) is 3.21. The first kappa shape index (κ1) is 29.0. The Morgan fingerprint density at radius 3 is 1.23 bits per heavy atom. The third-order valence-corrected chi connectivity index (χ3v) is 11.2. The van der Waals surface area contributed by atoms with Crippen LogP contribution >= 0.6 is 0 Å². The highest BCUT2D eigenvalue weighted by atomic mass is 14.2. The first-order chi connectivity index (χ1) is 25.7. The quantitative estimate of drug-likeness (QED) is 0.131. The van der Waals surface area contributed by atoms with Crippen molar-refractivity contribution in [1.82, 2.24) is 0 Å². The SMILES string of the molecule is c1ccc2c(-c3c4ccc(-c5ccc6c(ccc7ccccc76)c5)cc4cc4ccc(-c5ccc6c(ccc7ccccc76)c5)cc34)cccc2c1. The van der Waals surface area contributed by atoms with Crippen molar-refractivity contribution in [3.63, 3.8) is 0 Å². The van der Waals surface area contributed by atoms with Crippen molar-refractivity contribution in [1.29, 1.82) is 0 Å². The Morgan fingerprint density at radius 2 is 0.596 bits per heavy atom. The van der Waals surface area contributed by atoms with Crippen LogP contribution in [0.1, 0.15) is 0 Å². The summed E-state index contributed by atoms with van der Waals surface area (Å²) in [6, 6.07) is 72.1. The summed E-state index contributed by atoms with van der Waals surface area (Å²) in [6.45, 7) is 0. The highest BCUT2D eigenvalue weighted by molar-refractivity contribution is 6.18. The molecule has 0 aliphatic heterocycles. The number of rotatable bonds is 3. The zero-order chi connectivity index (χ0) is 34.2. The first-order valence-electron chi connectivity index (χ1n) is 18.1. The molecule has 52 heavy (non-hydrogen) atoms. The van der Waals surface area contributed by atoms with Crippen molar-refractivity contribution in [2.24, 2.45) is 0 Å². The van der Waals surface area contributed by atoms with Crippen LogP contribution in [0.15, 0.2) is 194 Å². The summed E-state index contributed by atoms with van der Waals surface area (Å²) in [4.78, 5) is 0. The van der Waals surface area contributed by atoms with Crippen LogP contribution in [-0.4, -0.2) is 0 Å². The molecule has 0 heteroatoms. The molecule has 0 bridgehead atoms. The van der Waals surface area contributed by atoms with Gasteiger partial charge < -0.3 is 0 Å². The lowest BCUT2D eigenvalue weighted by atomic mass is 9.87. The van der Waals surface area contributed by atoms with Crippen LogP contribution in [0, 0.1) is 0 Å². The molecule has 240 valence electrons. The molecule has 0 amide bonds. The van der Waals surface area contributed by atoms with Crippen LogP contribution in [0.2, 0.25) is 0 Å². The molecular weight excluding hydrogens is 625 g/mol. The average molecular weight is 657 g/mol. The van der Waals surface area contributed by atoms with Gasteiger partial charge >= 0.3 is 0 Å². The minimum Gasteiger partial charge on any atom is -0.0616 e. The maximum absolute atomic E-state index is 2.41. The molecular formula is C52H32. The van der Waals surface area contributed by atoms with Crippen LogP contribution in [0.25, 0.3) is 109 Å². The molecule has 0 nitrogen and oxygen atoms in total. The fourth-order valence-electron chi connectivity index (χ4n) is 8.60. The van der Waals surface area contributed by atoms with Gasteiger partial charge in [0.1, 0.15) is 0 Å². The van der Waals surface area contributed by atoms with E-state index in [0.29, 0.717) is 0 Å². The number of hydrogen-bond acceptors (Lipinski definition) is 0. The van der Waals surface area contributed by atoms with E-state index in [1.807, 2.05) is 0 Å². The molecule has 0 unspecified atom stereocenters. The van der Waals surface area contributed by atoms with Crippen molar-refractivity contribution in [3.8, 4) is 33.4 Å². The van der Waals surface area contributed by atoms with E-state index in [2.05, 4.69) is 194 Å². The molecule has 0 saturated heterocycles. The number of hydrogen-bond donors (Lipinski definition) is 0. The lowest BCUT2D eigenvalue weighted by molar-refractivity contribution is 1.66. The maximum Gasteiger partial charge on any atom is -0.00204 e. The molecule has 0 radical (unpaired) electrons. The van der Waals surface area contributed by atoms with Gasteiger partial charge in [-0.1, -0.05) is 164 Å². The van der Waals surface area contributed by atoms with Gasteiger partial charge in [-0.05, 0) is 139 Å². The molecule has 11 rings (SSSR count). The molecule has 0 N–H and O–H groups in total. The van der Waals surface area contributed by atoms with Gasteiger partial charge in [0.2, 0.25) is 0 Å². The summed E-state index contributed by atoms with van der Waals surface area (Å²) in [5, 5.41) is 17.8. The lowest BCUT2D eigenvalue weighted by Crippen LogP contribution is -1.90. The summed E-state index contributed by atoms with van der Waals surface area (Å²) < 4.78 is 0. The summed E-state index contributed by atoms with van der Waals surface area (Å²) in [5.41, 5.74) is 7.47. The van der Waals surface area contributed by atoms with Crippen molar-refractivity contribution in [2.45, 2.75) is 0 Å². The highest BCUT2D eigenvalue weighted by Crippen LogP contribution is 2.43. The second-order valence-corrected chi connectivity index (χ2v) is 14.1. The van der Waals surface area contributed by atoms with E-state index in [1.54, 1.807) is 0 Å². The normalized spacial score (nSPS) is 11.8. The zero-order valence-electron chi connectivity index (χ0n) is 28.5. The fourth-order valence-corrected chi connectivity index (χ4v) is 8.60. The Labute approximate surface area is 301 Å². The molecule has 0 aliphatic carbocycles. The van der Waals surface area contributed by atoms with Crippen molar-refractivity contribution < 1.29 is 0 Å². The van der Waals surface area contributed by atoms with Gasteiger partial charge in [-0.2, -0.15) is 0 Å². The van der Waals surface area contributed by atoms with Gasteiger partial charge in [0.05, 0.1) is 0 Å². The number of fused-ring (bicyclic) bond motifs is 9. The Morgan fingerprint density at radius 1 is 0.192 bits per heavy atom. The predicted octanol–water partition coefficient (Wildman–Crippen LogP) is 14.8. The van der Waals surface area contributed by atoms with Crippen LogP contribution < -0.4 is 0 Å². The molecule has 0 spiro atoms. The third-order valence-electron chi connectivity index (χ3n) is 11.2. The second kappa shape index (κ2) is 11.4. The van der Waals surface area contributed by atoms with E-state index in [-0.39, 0.29) is 0 Å². The molecule has 0 aromatic heterocycles. The van der Waals surface area contributed by atoms with Crippen LogP contribution in [0.5, 0.6) is 0 Å². The van der Waals surface area contributed by atoms with Gasteiger partial charge in [0.15, 0.2) is 0 Å². The molecule has 0 fully saturated rings. The summed E-state index contributed by atoms with van der Waals surface area (Å²) in [6.07, 6.45) is 0. The van der Waals surface area contributed by atoms with Crippen LogP contribution in [-0.2, 0) is 0 Å². The Kier molecular flexibility index (Phi) is 6.35. The fraction of sp³-hybridized carbons (Fsp3) is 0. The second-order valence-electron chi connectivity index (χ2n) is 14.1. The summed E-state index contributed by atoms with van der Waals surface area (Å²) >= 11 is 0. The Bertz CT molecular complexity index is 3230. The standard InChI is InChI=1S/C52H32/c1-6-14-46-33(8-1)11-7-15-50(46)52-49-27-24-38(36-22-25-47-40(28-36)19-16-34-9-2-4-12-44(34)47)30-43(49)31-42-21-18-39(32-51(42)52)37-23-26-48-41(29-37)20-17-35-10-3-5-13-45(35)48/h1-32H. The highest BCUT2D eigenvalue weighted by Gasteiger charge is 2.15. The van der Waals surface area contributed by atoms with E-state index in [0.717, 1.165) is 0 Å². The van der Waals surface area contributed by atoms with Gasteiger partial charge in [0, 0.05) is 0 Å². The molecule has 0 heterocycles. The Balaban J connectivity index is 1.12. The summed E-state index contributed by atoms with van der Waals surface area (Å²) in [7, 11) is 0. The smallest absolute Gasteiger partial charge is 0.00204 e. The van der Waals surface area contributed by atoms with Crippen molar-refractivity contribution in [2.75, 3.05) is 0 Å². The molecule has 11 aromatic rings. The molecule has 0 saturated carbocycles. The molecule has 11 aromatic carbocycles. The van der Waals surface area contributed by atoms with Crippen LogP contribution in [0.3, 0.4) is 0 Å². The van der Waals surface area contributed by atoms with Gasteiger partial charge in [-0.15, -0.1) is 0 Å². The van der Waals surface area contributed by atoms with Crippen molar-refractivity contribution in [3.05, 3.63) is 194 Å². The predicted molar refractivity (Wildman–Crippen MR) is 225 cm³/mol. The Hall–Kier alpha value is -6.76. The van der Waals surface area contributed by atoms with Crippen molar-refractivity contribution >= 4 is 75.4 Å². The minimum absolute atomic E-state index is 1.23. The van der Waals surface area contributed by atoms with E-state index >= 15 is 0 Å². The molecule has 0 aliphatic rings. The minimum atomic E-state index is 1.23. The maximum atomic E-state index is 2.41. The van der Waals surface area contributed by atoms with E-state index < -0.39 is 0 Å². The van der Waals surface area contributed by atoms with Gasteiger partial charge in [0.25, 0.3) is 0 Å². The zero-order valence-corrected chi connectivity index (χ0v) is 28.5. The van der Waals surface area contributed by atoms with E-state index in [1.165, 1.54) is 109 Å². The monoisotopic (exact) mass is 656 g/mol. The largest absolute Gasteiger partial charge is 0.0616 e.